The highest BCUT2D eigenvalue weighted by molar-refractivity contribution is 5.86. The molecule has 5 nitrogen and oxygen atoms in total. The van der Waals surface area contributed by atoms with Crippen molar-refractivity contribution in [1.29, 1.82) is 0 Å². The molecule has 0 amide bonds. The van der Waals surface area contributed by atoms with Crippen LogP contribution < -0.4 is 10.9 Å². The summed E-state index contributed by atoms with van der Waals surface area (Å²) in [4.78, 5) is 13.7. The first kappa shape index (κ1) is 10.5. The van der Waals surface area contributed by atoms with Crippen molar-refractivity contribution >= 4 is 22.4 Å². The molecule has 18 heavy (non-hydrogen) atoms. The lowest BCUT2D eigenvalue weighted by atomic mass is 10.1. The Morgan fingerprint density at radius 1 is 1.06 bits per heavy atom. The maximum Gasteiger partial charge on any atom is 0.271 e. The Labute approximate surface area is 103 Å². The average molecular weight is 238 g/mol. The zero-order chi connectivity index (χ0) is 12.4. The molecule has 0 aliphatic rings. The van der Waals surface area contributed by atoms with E-state index in [9.17, 15) is 4.79 Å². The molecule has 2 aromatic carbocycles. The lowest BCUT2D eigenvalue weighted by molar-refractivity contribution is 0.954. The first-order valence-corrected chi connectivity index (χ1v) is 5.49. The van der Waals surface area contributed by atoms with Gasteiger partial charge in [0.2, 0.25) is 5.95 Å². The van der Waals surface area contributed by atoms with Crippen molar-refractivity contribution in [2.45, 2.75) is 0 Å². The van der Waals surface area contributed by atoms with Crippen molar-refractivity contribution in [1.82, 2.24) is 15.2 Å². The Kier molecular flexibility index (Phi) is 2.49. The summed E-state index contributed by atoms with van der Waals surface area (Å²) in [5.41, 5.74) is 0.568. The number of H-pyrrole nitrogens is 1. The first-order chi connectivity index (χ1) is 8.81. The van der Waals surface area contributed by atoms with Gasteiger partial charge >= 0.3 is 0 Å². The molecular weight excluding hydrogens is 228 g/mol. The van der Waals surface area contributed by atoms with Gasteiger partial charge in [0.15, 0.2) is 0 Å². The molecule has 5 heteroatoms. The fourth-order valence-electron chi connectivity index (χ4n) is 1.77. The Morgan fingerprint density at radius 2 is 1.89 bits per heavy atom. The summed E-state index contributed by atoms with van der Waals surface area (Å²) < 4.78 is 0. The Morgan fingerprint density at radius 3 is 2.72 bits per heavy atom. The highest BCUT2D eigenvalue weighted by Gasteiger charge is 1.99. The molecule has 0 aliphatic heterocycles. The maximum absolute atomic E-state index is 11.1. The molecule has 0 atom stereocenters. The zero-order valence-electron chi connectivity index (χ0n) is 9.42. The van der Waals surface area contributed by atoms with Crippen LogP contribution in [0.25, 0.3) is 10.8 Å². The minimum Gasteiger partial charge on any atom is -0.324 e. The second-order valence-electron chi connectivity index (χ2n) is 3.87. The van der Waals surface area contributed by atoms with Gasteiger partial charge in [-0.3, -0.25) is 9.78 Å². The number of hydrogen-bond donors (Lipinski definition) is 2. The molecule has 0 saturated heterocycles. The number of hydrogen-bond acceptors (Lipinski definition) is 4. The van der Waals surface area contributed by atoms with Crippen LogP contribution in [0.2, 0.25) is 0 Å². The molecule has 1 aromatic heterocycles. The predicted molar refractivity (Wildman–Crippen MR) is 69.9 cm³/mol. The monoisotopic (exact) mass is 238 g/mol. The standard InChI is InChI=1S/C13H10N4O/c18-12-8-14-17-13(16-12)15-11-6-5-9-3-1-2-4-10(9)7-11/h1-8H,(H2,15,16,17,18). The summed E-state index contributed by atoms with van der Waals surface area (Å²) in [6, 6.07) is 14.0. The van der Waals surface area contributed by atoms with Crippen LogP contribution in [-0.4, -0.2) is 15.2 Å². The average Bonchev–Trinajstić information content (AvgIpc) is 2.39. The van der Waals surface area contributed by atoms with E-state index in [2.05, 4.69) is 20.5 Å². The zero-order valence-corrected chi connectivity index (χ0v) is 9.42. The molecule has 0 unspecified atom stereocenters. The van der Waals surface area contributed by atoms with Gasteiger partial charge in [-0.1, -0.05) is 30.3 Å². The smallest absolute Gasteiger partial charge is 0.271 e. The molecule has 0 aliphatic carbocycles. The topological polar surface area (TPSA) is 70.7 Å². The number of fused-ring (bicyclic) bond motifs is 1. The van der Waals surface area contributed by atoms with E-state index in [0.717, 1.165) is 22.7 Å². The van der Waals surface area contributed by atoms with Crippen molar-refractivity contribution in [3.05, 3.63) is 59.0 Å². The van der Waals surface area contributed by atoms with Crippen LogP contribution >= 0.6 is 0 Å². The van der Waals surface area contributed by atoms with Gasteiger partial charge in [-0.2, -0.15) is 0 Å². The fraction of sp³-hybridized carbons (Fsp3) is 0. The summed E-state index contributed by atoms with van der Waals surface area (Å²) in [5, 5.41) is 12.7. The van der Waals surface area contributed by atoms with Crippen LogP contribution in [0.5, 0.6) is 0 Å². The van der Waals surface area contributed by atoms with Crippen LogP contribution in [0.1, 0.15) is 0 Å². The normalized spacial score (nSPS) is 10.4. The van der Waals surface area contributed by atoms with Crippen LogP contribution in [0.15, 0.2) is 53.5 Å². The SMILES string of the molecule is O=c1cnnc(Nc2ccc3ccccc3c2)[nH]1. The van der Waals surface area contributed by atoms with Gasteiger partial charge in [0.05, 0.1) is 0 Å². The van der Waals surface area contributed by atoms with Crippen molar-refractivity contribution in [3.8, 4) is 0 Å². The Bertz CT molecular complexity index is 751. The summed E-state index contributed by atoms with van der Waals surface area (Å²) in [6.45, 7) is 0. The number of rotatable bonds is 2. The van der Waals surface area contributed by atoms with Gasteiger partial charge in [-0.15, -0.1) is 10.2 Å². The van der Waals surface area contributed by atoms with E-state index in [1.807, 2.05) is 42.5 Å². The summed E-state index contributed by atoms with van der Waals surface area (Å²) in [7, 11) is 0. The van der Waals surface area contributed by atoms with E-state index in [4.69, 9.17) is 0 Å². The van der Waals surface area contributed by atoms with E-state index >= 15 is 0 Å². The first-order valence-electron chi connectivity index (χ1n) is 5.49. The van der Waals surface area contributed by atoms with E-state index in [1.54, 1.807) is 0 Å². The van der Waals surface area contributed by atoms with E-state index in [0.29, 0.717) is 5.95 Å². The predicted octanol–water partition coefficient (Wildman–Crippen LogP) is 2.06. The second kappa shape index (κ2) is 4.29. The lowest BCUT2D eigenvalue weighted by Crippen LogP contribution is -2.10. The third kappa shape index (κ3) is 2.06. The molecule has 0 saturated carbocycles. The number of anilines is 2. The second-order valence-corrected chi connectivity index (χ2v) is 3.87. The third-order valence-corrected chi connectivity index (χ3v) is 2.59. The quantitative estimate of drug-likeness (QED) is 0.717. The van der Waals surface area contributed by atoms with Crippen molar-refractivity contribution in [3.63, 3.8) is 0 Å². The molecule has 3 aromatic rings. The number of nitrogens with one attached hydrogen (secondary N) is 2. The van der Waals surface area contributed by atoms with Gasteiger partial charge in [0.1, 0.15) is 6.20 Å². The van der Waals surface area contributed by atoms with Crippen LogP contribution in [0.4, 0.5) is 11.6 Å². The Balaban J connectivity index is 1.97. The maximum atomic E-state index is 11.1. The number of aromatic nitrogens is 3. The molecule has 0 bridgehead atoms. The molecule has 0 spiro atoms. The molecule has 0 fully saturated rings. The molecular formula is C13H10N4O. The highest BCUT2D eigenvalue weighted by atomic mass is 16.1. The summed E-state index contributed by atoms with van der Waals surface area (Å²) >= 11 is 0. The van der Waals surface area contributed by atoms with Gasteiger partial charge in [-0.05, 0) is 22.9 Å². The van der Waals surface area contributed by atoms with Gasteiger partial charge in [-0.25, -0.2) is 0 Å². The van der Waals surface area contributed by atoms with Gasteiger partial charge in [0, 0.05) is 5.69 Å². The molecule has 0 radical (unpaired) electrons. The summed E-state index contributed by atoms with van der Waals surface area (Å²) in [5.74, 6) is 0.331. The third-order valence-electron chi connectivity index (χ3n) is 2.59. The van der Waals surface area contributed by atoms with Crippen molar-refractivity contribution < 1.29 is 0 Å². The largest absolute Gasteiger partial charge is 0.324 e. The molecule has 3 rings (SSSR count). The van der Waals surface area contributed by atoms with Crippen molar-refractivity contribution in [2.24, 2.45) is 0 Å². The lowest BCUT2D eigenvalue weighted by Gasteiger charge is -2.05. The fourth-order valence-corrected chi connectivity index (χ4v) is 1.77. The molecule has 88 valence electrons. The van der Waals surface area contributed by atoms with Crippen LogP contribution in [0, 0.1) is 0 Å². The van der Waals surface area contributed by atoms with E-state index in [-0.39, 0.29) is 5.56 Å². The summed E-state index contributed by atoms with van der Waals surface area (Å²) in [6.07, 6.45) is 1.13. The minimum atomic E-state index is -0.284. The number of benzene rings is 2. The van der Waals surface area contributed by atoms with Gasteiger partial charge < -0.3 is 5.32 Å². The number of nitrogens with zero attached hydrogens (tertiary/aromatic N) is 2. The van der Waals surface area contributed by atoms with Gasteiger partial charge in [0.25, 0.3) is 5.56 Å². The van der Waals surface area contributed by atoms with E-state index in [1.165, 1.54) is 0 Å². The van der Waals surface area contributed by atoms with Crippen LogP contribution in [0.3, 0.4) is 0 Å². The highest BCUT2D eigenvalue weighted by Crippen LogP contribution is 2.20. The molecule has 1 heterocycles. The van der Waals surface area contributed by atoms with Crippen LogP contribution in [-0.2, 0) is 0 Å². The number of aromatic amines is 1. The van der Waals surface area contributed by atoms with Crippen molar-refractivity contribution in [2.75, 3.05) is 5.32 Å². The van der Waals surface area contributed by atoms with E-state index < -0.39 is 0 Å². The Hall–Kier alpha value is -2.69. The minimum absolute atomic E-state index is 0.284. The molecule has 2 N–H and O–H groups in total.